The molecule has 0 unspecified atom stereocenters. The van der Waals surface area contributed by atoms with E-state index in [4.69, 9.17) is 4.42 Å². The standard InChI is InChI=1S/C42H29NO/c1-3-8-29(9-4-1)31-18-23-36(24-19-31)43-37-25-20-32(21-26-37)30-14-16-33(17-15-30)35-22-27-40-39(28-35)42-38(12-7-13-41(42)44-40)34-10-5-2-6-11-34/h1-28,43H. The number of nitrogens with one attached hydrogen (secondary N) is 1. The second kappa shape index (κ2) is 11.1. The van der Waals surface area contributed by atoms with Crippen molar-refractivity contribution in [3.8, 4) is 44.5 Å². The molecule has 0 amide bonds. The number of hydrogen-bond donors (Lipinski definition) is 1. The molecule has 1 aromatic heterocycles. The van der Waals surface area contributed by atoms with E-state index < -0.39 is 0 Å². The van der Waals surface area contributed by atoms with E-state index in [9.17, 15) is 0 Å². The molecule has 0 spiro atoms. The maximum Gasteiger partial charge on any atom is 0.136 e. The van der Waals surface area contributed by atoms with Crippen LogP contribution < -0.4 is 5.32 Å². The molecule has 0 radical (unpaired) electrons. The van der Waals surface area contributed by atoms with Crippen LogP contribution in [0, 0.1) is 0 Å². The van der Waals surface area contributed by atoms with Gasteiger partial charge in [0.05, 0.1) is 0 Å². The van der Waals surface area contributed by atoms with Crippen molar-refractivity contribution in [2.45, 2.75) is 0 Å². The quantitative estimate of drug-likeness (QED) is 0.218. The Hall–Kier alpha value is -5.86. The van der Waals surface area contributed by atoms with Crippen LogP contribution in [0.25, 0.3) is 66.4 Å². The predicted octanol–water partition coefficient (Wildman–Crippen LogP) is 12.0. The molecule has 0 fully saturated rings. The highest BCUT2D eigenvalue weighted by Gasteiger charge is 2.13. The maximum absolute atomic E-state index is 6.25. The van der Waals surface area contributed by atoms with Crippen LogP contribution in [0.15, 0.2) is 174 Å². The van der Waals surface area contributed by atoms with Gasteiger partial charge in [-0.2, -0.15) is 0 Å². The molecule has 0 aliphatic rings. The molecular weight excluding hydrogens is 534 g/mol. The second-order valence-electron chi connectivity index (χ2n) is 11.1. The molecule has 1 N–H and O–H groups in total. The highest BCUT2D eigenvalue weighted by Crippen LogP contribution is 2.38. The van der Waals surface area contributed by atoms with Crippen LogP contribution in [-0.4, -0.2) is 0 Å². The molecule has 1 heterocycles. The zero-order valence-corrected chi connectivity index (χ0v) is 24.1. The summed E-state index contributed by atoms with van der Waals surface area (Å²) >= 11 is 0. The minimum Gasteiger partial charge on any atom is -0.456 e. The molecule has 0 aliphatic carbocycles. The van der Waals surface area contributed by atoms with E-state index in [1.165, 1.54) is 44.5 Å². The topological polar surface area (TPSA) is 25.2 Å². The van der Waals surface area contributed by atoms with Gasteiger partial charge >= 0.3 is 0 Å². The molecule has 0 saturated heterocycles. The van der Waals surface area contributed by atoms with Gasteiger partial charge in [0.25, 0.3) is 0 Å². The average Bonchev–Trinajstić information content (AvgIpc) is 3.48. The molecule has 2 heteroatoms. The minimum absolute atomic E-state index is 0.907. The Kier molecular flexibility index (Phi) is 6.51. The van der Waals surface area contributed by atoms with Crippen LogP contribution in [0.5, 0.6) is 0 Å². The first-order chi connectivity index (χ1) is 21.8. The molecule has 0 atom stereocenters. The Morgan fingerprint density at radius 3 is 1.41 bits per heavy atom. The minimum atomic E-state index is 0.907. The van der Waals surface area contributed by atoms with Crippen LogP contribution in [0.2, 0.25) is 0 Å². The zero-order chi connectivity index (χ0) is 29.3. The Bertz CT molecular complexity index is 2190. The SMILES string of the molecule is c1ccc(-c2ccc(Nc3ccc(-c4ccc(-c5ccc6oc7cccc(-c8ccccc8)c7c6c5)cc4)cc3)cc2)cc1. The third kappa shape index (κ3) is 4.93. The maximum atomic E-state index is 6.25. The van der Waals surface area contributed by atoms with Gasteiger partial charge in [0.1, 0.15) is 11.2 Å². The summed E-state index contributed by atoms with van der Waals surface area (Å²) in [4.78, 5) is 0. The molecule has 0 bridgehead atoms. The summed E-state index contributed by atoms with van der Waals surface area (Å²) in [6.07, 6.45) is 0. The van der Waals surface area contributed by atoms with Crippen LogP contribution in [0.4, 0.5) is 11.4 Å². The third-order valence-corrected chi connectivity index (χ3v) is 8.30. The summed E-state index contributed by atoms with van der Waals surface area (Å²) in [7, 11) is 0. The van der Waals surface area contributed by atoms with Crippen LogP contribution >= 0.6 is 0 Å². The fourth-order valence-corrected chi connectivity index (χ4v) is 6.01. The highest BCUT2D eigenvalue weighted by atomic mass is 16.3. The monoisotopic (exact) mass is 563 g/mol. The van der Waals surface area contributed by atoms with Gasteiger partial charge in [-0.3, -0.25) is 0 Å². The van der Waals surface area contributed by atoms with Gasteiger partial charge in [0.2, 0.25) is 0 Å². The lowest BCUT2D eigenvalue weighted by Gasteiger charge is -2.10. The molecular formula is C42H29NO. The number of furan rings is 1. The summed E-state index contributed by atoms with van der Waals surface area (Å²) in [6.45, 7) is 0. The lowest BCUT2D eigenvalue weighted by molar-refractivity contribution is 0.669. The van der Waals surface area contributed by atoms with Gasteiger partial charge in [-0.1, -0.05) is 127 Å². The predicted molar refractivity (Wildman–Crippen MR) is 185 cm³/mol. The zero-order valence-electron chi connectivity index (χ0n) is 24.1. The Labute approximate surface area is 256 Å². The first-order valence-electron chi connectivity index (χ1n) is 14.9. The van der Waals surface area contributed by atoms with Crippen molar-refractivity contribution in [1.29, 1.82) is 0 Å². The van der Waals surface area contributed by atoms with Crippen molar-refractivity contribution in [1.82, 2.24) is 0 Å². The fraction of sp³-hybridized carbons (Fsp3) is 0. The van der Waals surface area contributed by atoms with Gasteiger partial charge in [-0.25, -0.2) is 0 Å². The highest BCUT2D eigenvalue weighted by molar-refractivity contribution is 6.13. The Morgan fingerprint density at radius 1 is 0.341 bits per heavy atom. The van der Waals surface area contributed by atoms with Crippen LogP contribution in [0.1, 0.15) is 0 Å². The molecule has 2 nitrogen and oxygen atoms in total. The van der Waals surface area contributed by atoms with Crippen molar-refractivity contribution >= 4 is 33.3 Å². The second-order valence-corrected chi connectivity index (χ2v) is 11.1. The fourth-order valence-electron chi connectivity index (χ4n) is 6.01. The molecule has 0 saturated carbocycles. The third-order valence-electron chi connectivity index (χ3n) is 8.30. The Morgan fingerprint density at radius 2 is 0.818 bits per heavy atom. The van der Waals surface area contributed by atoms with Crippen LogP contribution in [-0.2, 0) is 0 Å². The van der Waals surface area contributed by atoms with Crippen LogP contribution in [0.3, 0.4) is 0 Å². The Balaban J connectivity index is 1.03. The summed E-state index contributed by atoms with van der Waals surface area (Å²) in [6, 6.07) is 59.8. The van der Waals surface area contributed by atoms with E-state index in [0.29, 0.717) is 0 Å². The molecule has 44 heavy (non-hydrogen) atoms. The number of anilines is 2. The van der Waals surface area contributed by atoms with Crippen molar-refractivity contribution in [2.24, 2.45) is 0 Å². The lowest BCUT2D eigenvalue weighted by atomic mass is 9.96. The number of fused-ring (bicyclic) bond motifs is 3. The lowest BCUT2D eigenvalue weighted by Crippen LogP contribution is -1.90. The summed E-state index contributed by atoms with van der Waals surface area (Å²) < 4.78 is 6.25. The van der Waals surface area contributed by atoms with E-state index in [1.807, 2.05) is 6.07 Å². The normalized spacial score (nSPS) is 11.2. The first kappa shape index (κ1) is 25.8. The number of hydrogen-bond acceptors (Lipinski definition) is 2. The summed E-state index contributed by atoms with van der Waals surface area (Å²) in [5, 5.41) is 5.82. The first-order valence-corrected chi connectivity index (χ1v) is 14.9. The number of benzene rings is 7. The van der Waals surface area contributed by atoms with E-state index >= 15 is 0 Å². The van der Waals surface area contributed by atoms with Gasteiger partial charge in [-0.05, 0) is 87.0 Å². The largest absolute Gasteiger partial charge is 0.456 e. The van der Waals surface area contributed by atoms with Crippen molar-refractivity contribution in [3.05, 3.63) is 170 Å². The molecule has 7 aromatic carbocycles. The van der Waals surface area contributed by atoms with E-state index in [0.717, 1.165) is 33.3 Å². The molecule has 0 aliphatic heterocycles. The van der Waals surface area contributed by atoms with Gasteiger partial charge in [0.15, 0.2) is 0 Å². The van der Waals surface area contributed by atoms with Gasteiger partial charge < -0.3 is 9.73 Å². The van der Waals surface area contributed by atoms with Gasteiger partial charge in [-0.15, -0.1) is 0 Å². The van der Waals surface area contributed by atoms with Crippen molar-refractivity contribution < 1.29 is 4.42 Å². The van der Waals surface area contributed by atoms with E-state index in [-0.39, 0.29) is 0 Å². The van der Waals surface area contributed by atoms with E-state index in [1.54, 1.807) is 0 Å². The average molecular weight is 564 g/mol. The smallest absolute Gasteiger partial charge is 0.136 e. The molecule has 8 aromatic rings. The molecule has 208 valence electrons. The summed E-state index contributed by atoms with van der Waals surface area (Å²) in [5.74, 6) is 0. The van der Waals surface area contributed by atoms with E-state index in [2.05, 4.69) is 169 Å². The molecule has 8 rings (SSSR count). The van der Waals surface area contributed by atoms with Crippen molar-refractivity contribution in [3.63, 3.8) is 0 Å². The summed E-state index contributed by atoms with van der Waals surface area (Å²) in [5.41, 5.74) is 13.5. The number of rotatable bonds is 6. The van der Waals surface area contributed by atoms with Crippen molar-refractivity contribution in [2.75, 3.05) is 5.32 Å². The van der Waals surface area contributed by atoms with Gasteiger partial charge in [0, 0.05) is 22.1 Å².